The second-order valence-corrected chi connectivity index (χ2v) is 7.53. The molecule has 3 fully saturated rings. The van der Waals surface area contributed by atoms with Gasteiger partial charge in [-0.2, -0.15) is 0 Å². The Hall–Kier alpha value is -0.0400. The molecule has 0 amide bonds. The minimum atomic E-state index is 0.538. The molecule has 2 bridgehead atoms. The Morgan fingerprint density at radius 1 is 1.12 bits per heavy atom. The summed E-state index contributed by atoms with van der Waals surface area (Å²) >= 11 is 0. The normalized spacial score (nSPS) is 45.2. The molecule has 0 aromatic heterocycles. The lowest BCUT2D eigenvalue weighted by Crippen LogP contribution is -2.50. The average Bonchev–Trinajstić information content (AvgIpc) is 2.90. The Balaban J connectivity index is 1.62. The van der Waals surface area contributed by atoms with Crippen molar-refractivity contribution in [2.45, 2.75) is 65.3 Å². The van der Waals surface area contributed by atoms with Crippen molar-refractivity contribution in [1.29, 1.82) is 0 Å². The highest BCUT2D eigenvalue weighted by Gasteiger charge is 2.58. The van der Waals surface area contributed by atoms with Crippen molar-refractivity contribution in [3.63, 3.8) is 0 Å². The largest absolute Gasteiger partial charge is 0.313 e. The summed E-state index contributed by atoms with van der Waals surface area (Å²) in [4.78, 5) is 0. The number of hydrogen-bond donors (Lipinski definition) is 1. The molecule has 0 spiro atoms. The van der Waals surface area contributed by atoms with Gasteiger partial charge in [-0.05, 0) is 54.9 Å². The van der Waals surface area contributed by atoms with Gasteiger partial charge in [-0.15, -0.1) is 0 Å². The molecule has 0 aromatic carbocycles. The van der Waals surface area contributed by atoms with E-state index in [4.69, 9.17) is 0 Å². The average molecular weight is 221 g/mol. The second kappa shape index (κ2) is 3.48. The molecular weight excluding hydrogens is 194 g/mol. The van der Waals surface area contributed by atoms with Gasteiger partial charge in [0.1, 0.15) is 0 Å². The zero-order valence-corrected chi connectivity index (χ0v) is 11.2. The summed E-state index contributed by atoms with van der Waals surface area (Å²) < 4.78 is 0. The predicted octanol–water partition coefficient (Wildman–Crippen LogP) is 3.59. The maximum Gasteiger partial charge on any atom is 0.0175 e. The van der Waals surface area contributed by atoms with Crippen LogP contribution >= 0.6 is 0 Å². The molecule has 92 valence electrons. The van der Waals surface area contributed by atoms with Gasteiger partial charge in [0.2, 0.25) is 0 Å². The van der Waals surface area contributed by atoms with Crippen molar-refractivity contribution in [2.75, 3.05) is 6.54 Å². The predicted molar refractivity (Wildman–Crippen MR) is 68.4 cm³/mol. The molecule has 3 aliphatic carbocycles. The molecule has 3 saturated carbocycles. The van der Waals surface area contributed by atoms with Crippen LogP contribution in [0.1, 0.15) is 59.3 Å². The molecule has 3 aliphatic rings. The molecule has 1 N–H and O–H groups in total. The third-order valence-corrected chi connectivity index (χ3v) is 5.87. The van der Waals surface area contributed by atoms with E-state index < -0.39 is 0 Å². The van der Waals surface area contributed by atoms with Crippen LogP contribution in [0.2, 0.25) is 0 Å². The van der Waals surface area contributed by atoms with Crippen LogP contribution in [0.25, 0.3) is 0 Å². The van der Waals surface area contributed by atoms with Crippen molar-refractivity contribution in [2.24, 2.45) is 22.7 Å². The highest BCUT2D eigenvalue weighted by molar-refractivity contribution is 5.11. The monoisotopic (exact) mass is 221 g/mol. The van der Waals surface area contributed by atoms with E-state index >= 15 is 0 Å². The van der Waals surface area contributed by atoms with E-state index in [1.54, 1.807) is 0 Å². The molecule has 16 heavy (non-hydrogen) atoms. The first-order valence-corrected chi connectivity index (χ1v) is 7.26. The van der Waals surface area contributed by atoms with E-state index in [0.717, 1.165) is 17.9 Å². The molecule has 0 aromatic rings. The van der Waals surface area contributed by atoms with E-state index in [0.29, 0.717) is 10.8 Å². The van der Waals surface area contributed by atoms with Gasteiger partial charge in [-0.25, -0.2) is 0 Å². The lowest BCUT2D eigenvalue weighted by molar-refractivity contribution is 0.109. The Labute approximate surface area is 100 Å². The fourth-order valence-electron chi connectivity index (χ4n) is 4.65. The fourth-order valence-corrected chi connectivity index (χ4v) is 4.65. The highest BCUT2D eigenvalue weighted by atomic mass is 15.0. The van der Waals surface area contributed by atoms with E-state index in [9.17, 15) is 0 Å². The van der Waals surface area contributed by atoms with Crippen molar-refractivity contribution >= 4 is 0 Å². The summed E-state index contributed by atoms with van der Waals surface area (Å²) in [6.45, 7) is 8.78. The van der Waals surface area contributed by atoms with Crippen molar-refractivity contribution in [1.82, 2.24) is 5.32 Å². The molecule has 0 heterocycles. The molecule has 1 heteroatoms. The molecular formula is C15H27N. The number of nitrogens with one attached hydrogen (secondary N) is 1. The van der Waals surface area contributed by atoms with Crippen molar-refractivity contribution in [3.8, 4) is 0 Å². The summed E-state index contributed by atoms with van der Waals surface area (Å²) in [5.41, 5.74) is 1.15. The van der Waals surface area contributed by atoms with Crippen LogP contribution in [-0.2, 0) is 0 Å². The van der Waals surface area contributed by atoms with Crippen LogP contribution in [0.5, 0.6) is 0 Å². The third kappa shape index (κ3) is 1.63. The highest BCUT2D eigenvalue weighted by Crippen LogP contribution is 2.62. The zero-order valence-electron chi connectivity index (χ0n) is 11.2. The van der Waals surface area contributed by atoms with Crippen LogP contribution in [0.4, 0.5) is 0 Å². The smallest absolute Gasteiger partial charge is 0.0175 e. The van der Waals surface area contributed by atoms with Gasteiger partial charge in [0.25, 0.3) is 0 Å². The van der Waals surface area contributed by atoms with Crippen molar-refractivity contribution < 1.29 is 0 Å². The quantitative estimate of drug-likeness (QED) is 0.765. The number of hydrogen-bond acceptors (Lipinski definition) is 1. The van der Waals surface area contributed by atoms with Gasteiger partial charge in [-0.3, -0.25) is 0 Å². The van der Waals surface area contributed by atoms with Gasteiger partial charge >= 0.3 is 0 Å². The molecule has 1 unspecified atom stereocenters. The van der Waals surface area contributed by atoms with Crippen LogP contribution in [0.15, 0.2) is 0 Å². The minimum absolute atomic E-state index is 0.538. The van der Waals surface area contributed by atoms with Gasteiger partial charge < -0.3 is 5.32 Å². The topological polar surface area (TPSA) is 12.0 Å². The first kappa shape index (κ1) is 11.1. The van der Waals surface area contributed by atoms with Gasteiger partial charge in [-0.1, -0.05) is 33.6 Å². The standard InChI is InChI=1S/C15H27N/c1-14(2)12-6-8-15(3,10-12)13(14)16-9-7-11-4-5-11/h11-13,16H,4-10H2,1-3H3/t12-,13?,15+/m0/s1. The number of rotatable bonds is 4. The van der Waals surface area contributed by atoms with Crippen LogP contribution in [0.3, 0.4) is 0 Å². The minimum Gasteiger partial charge on any atom is -0.313 e. The number of fused-ring (bicyclic) bond motifs is 2. The first-order chi connectivity index (χ1) is 7.52. The van der Waals surface area contributed by atoms with E-state index in [2.05, 4.69) is 26.1 Å². The van der Waals surface area contributed by atoms with Gasteiger partial charge in [0, 0.05) is 6.04 Å². The van der Waals surface area contributed by atoms with Gasteiger partial charge in [0.05, 0.1) is 0 Å². The van der Waals surface area contributed by atoms with E-state index in [1.807, 2.05) is 0 Å². The zero-order chi connectivity index (χ0) is 11.4. The van der Waals surface area contributed by atoms with Crippen LogP contribution < -0.4 is 5.32 Å². The van der Waals surface area contributed by atoms with Gasteiger partial charge in [0.15, 0.2) is 0 Å². The summed E-state index contributed by atoms with van der Waals surface area (Å²) in [7, 11) is 0. The van der Waals surface area contributed by atoms with Crippen molar-refractivity contribution in [3.05, 3.63) is 0 Å². The fraction of sp³-hybridized carbons (Fsp3) is 1.00. The molecule has 0 saturated heterocycles. The molecule has 3 rings (SSSR count). The Bertz CT molecular complexity index is 274. The maximum absolute atomic E-state index is 3.92. The Morgan fingerprint density at radius 3 is 2.44 bits per heavy atom. The van der Waals surface area contributed by atoms with Crippen LogP contribution in [0, 0.1) is 22.7 Å². The summed E-state index contributed by atoms with van der Waals surface area (Å²) in [5.74, 6) is 2.05. The lowest BCUT2D eigenvalue weighted by Gasteiger charge is -2.43. The molecule has 0 radical (unpaired) electrons. The first-order valence-electron chi connectivity index (χ1n) is 7.26. The maximum atomic E-state index is 3.92. The molecule has 3 atom stereocenters. The molecule has 0 aliphatic heterocycles. The summed E-state index contributed by atoms with van der Waals surface area (Å²) in [6.07, 6.45) is 8.83. The summed E-state index contributed by atoms with van der Waals surface area (Å²) in [5, 5.41) is 3.92. The Morgan fingerprint density at radius 2 is 1.88 bits per heavy atom. The van der Waals surface area contributed by atoms with E-state index in [-0.39, 0.29) is 0 Å². The Kier molecular flexibility index (Phi) is 2.41. The molecule has 1 nitrogen and oxygen atoms in total. The summed E-state index contributed by atoms with van der Waals surface area (Å²) in [6, 6.07) is 0.775. The second-order valence-electron chi connectivity index (χ2n) is 7.53. The SMILES string of the molecule is CC1(C)C(NCCC2CC2)[C@]2(C)CC[C@H]1C2. The third-order valence-electron chi connectivity index (χ3n) is 5.87. The van der Waals surface area contributed by atoms with Crippen LogP contribution in [-0.4, -0.2) is 12.6 Å². The lowest BCUT2D eigenvalue weighted by atomic mass is 9.68. The van der Waals surface area contributed by atoms with E-state index in [1.165, 1.54) is 45.1 Å².